The first-order valence-corrected chi connectivity index (χ1v) is 8.48. The molecule has 0 saturated carbocycles. The zero-order valence-corrected chi connectivity index (χ0v) is 14.0. The molecular weight excluding hydrogens is 320 g/mol. The highest BCUT2D eigenvalue weighted by Crippen LogP contribution is 2.02. The summed E-state index contributed by atoms with van der Waals surface area (Å²) in [6.45, 7) is 1.83. The fourth-order valence-electron chi connectivity index (χ4n) is 2.99. The summed E-state index contributed by atoms with van der Waals surface area (Å²) in [5.74, 6) is -0.302. The molecule has 0 radical (unpaired) electrons. The van der Waals surface area contributed by atoms with Crippen molar-refractivity contribution in [2.45, 2.75) is 32.0 Å². The Hall–Kier alpha value is -2.67. The Labute approximate surface area is 145 Å². The van der Waals surface area contributed by atoms with Gasteiger partial charge in [-0.1, -0.05) is 30.3 Å². The average Bonchev–Trinajstić information content (AvgIpc) is 2.63. The van der Waals surface area contributed by atoms with Gasteiger partial charge in [0.25, 0.3) is 5.56 Å². The van der Waals surface area contributed by atoms with Crippen molar-refractivity contribution in [3.8, 4) is 0 Å². The molecule has 1 amide bonds. The third-order valence-electron chi connectivity index (χ3n) is 4.34. The quantitative estimate of drug-likeness (QED) is 0.796. The first-order valence-electron chi connectivity index (χ1n) is 8.48. The Morgan fingerprint density at radius 2 is 1.84 bits per heavy atom. The van der Waals surface area contributed by atoms with Gasteiger partial charge in [0.1, 0.15) is 6.54 Å². The molecule has 7 nitrogen and oxygen atoms in total. The second-order valence-corrected chi connectivity index (χ2v) is 6.23. The molecule has 3 rings (SSSR count). The lowest BCUT2D eigenvalue weighted by atomic mass is 10.1. The van der Waals surface area contributed by atoms with Crippen molar-refractivity contribution in [3.63, 3.8) is 0 Å². The molecule has 0 spiro atoms. The van der Waals surface area contributed by atoms with Crippen molar-refractivity contribution < 1.29 is 4.79 Å². The van der Waals surface area contributed by atoms with Crippen LogP contribution < -0.4 is 21.9 Å². The normalized spacial score (nSPS) is 15.0. The van der Waals surface area contributed by atoms with Gasteiger partial charge < -0.3 is 10.6 Å². The molecule has 0 unspecified atom stereocenters. The minimum absolute atomic E-state index is 0.0970. The maximum Gasteiger partial charge on any atom is 0.331 e. The molecule has 0 aliphatic carbocycles. The second kappa shape index (κ2) is 7.94. The molecule has 132 valence electrons. The van der Waals surface area contributed by atoms with Crippen LogP contribution in [0.2, 0.25) is 0 Å². The number of nitrogens with one attached hydrogen (secondary N) is 2. The number of rotatable bonds is 5. The summed E-state index contributed by atoms with van der Waals surface area (Å²) in [4.78, 5) is 36.8. The lowest BCUT2D eigenvalue weighted by molar-refractivity contribution is -0.122. The molecule has 1 saturated heterocycles. The van der Waals surface area contributed by atoms with Gasteiger partial charge in [-0.15, -0.1) is 0 Å². The van der Waals surface area contributed by atoms with E-state index in [4.69, 9.17) is 0 Å². The van der Waals surface area contributed by atoms with Crippen LogP contribution in [0, 0.1) is 0 Å². The fraction of sp³-hybridized carbons (Fsp3) is 0.389. The molecule has 1 aromatic heterocycles. The second-order valence-electron chi connectivity index (χ2n) is 6.23. The summed E-state index contributed by atoms with van der Waals surface area (Å²) in [5, 5.41) is 6.13. The predicted molar refractivity (Wildman–Crippen MR) is 94.5 cm³/mol. The molecule has 1 aromatic carbocycles. The summed E-state index contributed by atoms with van der Waals surface area (Å²) in [6.07, 6.45) is 3.18. The summed E-state index contributed by atoms with van der Waals surface area (Å²) < 4.78 is 2.42. The van der Waals surface area contributed by atoms with Crippen LogP contribution in [0.15, 0.2) is 52.2 Å². The van der Waals surface area contributed by atoms with Gasteiger partial charge in [0, 0.05) is 18.3 Å². The van der Waals surface area contributed by atoms with E-state index in [-0.39, 0.29) is 18.5 Å². The van der Waals surface area contributed by atoms with Gasteiger partial charge in [-0.2, -0.15) is 0 Å². The van der Waals surface area contributed by atoms with Crippen molar-refractivity contribution in [2.24, 2.45) is 0 Å². The number of nitrogens with zero attached hydrogens (tertiary/aromatic N) is 2. The summed E-state index contributed by atoms with van der Waals surface area (Å²) >= 11 is 0. The third-order valence-corrected chi connectivity index (χ3v) is 4.34. The number of benzene rings is 1. The van der Waals surface area contributed by atoms with Gasteiger partial charge in [-0.05, 0) is 31.5 Å². The van der Waals surface area contributed by atoms with Gasteiger partial charge >= 0.3 is 5.69 Å². The standard InChI is InChI=1S/C18H22N4O3/c23-16(20-15-6-9-19-10-7-15)13-22-17(24)8-11-21(18(22)25)12-14-4-2-1-3-5-14/h1-5,8,11,15,19H,6-7,9-10,12-13H2,(H,20,23). The minimum Gasteiger partial charge on any atom is -0.352 e. The van der Waals surface area contributed by atoms with E-state index in [1.807, 2.05) is 30.3 Å². The highest BCUT2D eigenvalue weighted by molar-refractivity contribution is 5.76. The maximum absolute atomic E-state index is 12.6. The van der Waals surface area contributed by atoms with Crippen LogP contribution in [0.25, 0.3) is 0 Å². The van der Waals surface area contributed by atoms with Crippen LogP contribution >= 0.6 is 0 Å². The zero-order chi connectivity index (χ0) is 17.6. The molecule has 1 aliphatic heterocycles. The molecule has 25 heavy (non-hydrogen) atoms. The lowest BCUT2D eigenvalue weighted by Crippen LogP contribution is -2.47. The van der Waals surface area contributed by atoms with E-state index < -0.39 is 11.2 Å². The summed E-state index contributed by atoms with van der Waals surface area (Å²) in [5.41, 5.74) is 0.0144. The van der Waals surface area contributed by atoms with E-state index in [0.717, 1.165) is 36.1 Å². The Kier molecular flexibility index (Phi) is 5.45. The third kappa shape index (κ3) is 4.45. The largest absolute Gasteiger partial charge is 0.352 e. The first-order chi connectivity index (χ1) is 12.1. The number of carbonyl (C=O) groups is 1. The SMILES string of the molecule is O=C(Cn1c(=O)ccn(Cc2ccccc2)c1=O)NC1CCNCC1. The van der Waals surface area contributed by atoms with Crippen LogP contribution in [-0.2, 0) is 17.9 Å². The highest BCUT2D eigenvalue weighted by atomic mass is 16.2. The number of hydrogen-bond acceptors (Lipinski definition) is 4. The van der Waals surface area contributed by atoms with Crippen molar-refractivity contribution in [3.05, 3.63) is 69.0 Å². The number of carbonyl (C=O) groups excluding carboxylic acids is 1. The van der Waals surface area contributed by atoms with E-state index >= 15 is 0 Å². The minimum atomic E-state index is -0.475. The number of aromatic nitrogens is 2. The average molecular weight is 342 g/mol. The smallest absolute Gasteiger partial charge is 0.331 e. The molecule has 2 N–H and O–H groups in total. The van der Waals surface area contributed by atoms with Crippen molar-refractivity contribution >= 4 is 5.91 Å². The fourth-order valence-corrected chi connectivity index (χ4v) is 2.99. The molecule has 1 aliphatic rings. The van der Waals surface area contributed by atoms with Crippen LogP contribution in [0.5, 0.6) is 0 Å². The zero-order valence-electron chi connectivity index (χ0n) is 14.0. The van der Waals surface area contributed by atoms with Crippen LogP contribution in [-0.4, -0.2) is 34.2 Å². The first kappa shape index (κ1) is 17.2. The van der Waals surface area contributed by atoms with Crippen LogP contribution in [0.3, 0.4) is 0 Å². The number of hydrogen-bond donors (Lipinski definition) is 2. The van der Waals surface area contributed by atoms with Gasteiger partial charge in [-0.25, -0.2) is 4.79 Å². The van der Waals surface area contributed by atoms with Crippen molar-refractivity contribution in [1.82, 2.24) is 19.8 Å². The Balaban J connectivity index is 1.74. The molecule has 0 bridgehead atoms. The number of amides is 1. The molecule has 2 aromatic rings. The molecule has 2 heterocycles. The van der Waals surface area contributed by atoms with Crippen LogP contribution in [0.4, 0.5) is 0 Å². The van der Waals surface area contributed by atoms with E-state index in [1.54, 1.807) is 0 Å². The molecular formula is C18H22N4O3. The maximum atomic E-state index is 12.6. The van der Waals surface area contributed by atoms with Crippen molar-refractivity contribution in [1.29, 1.82) is 0 Å². The van der Waals surface area contributed by atoms with Gasteiger partial charge in [-0.3, -0.25) is 18.7 Å². The summed E-state index contributed by atoms with van der Waals surface area (Å²) in [6, 6.07) is 10.9. The van der Waals surface area contributed by atoms with E-state index in [2.05, 4.69) is 10.6 Å². The van der Waals surface area contributed by atoms with E-state index in [9.17, 15) is 14.4 Å². The van der Waals surface area contributed by atoms with Crippen LogP contribution in [0.1, 0.15) is 18.4 Å². The van der Waals surface area contributed by atoms with Crippen molar-refractivity contribution in [2.75, 3.05) is 13.1 Å². The Bertz CT molecular complexity index is 835. The summed E-state index contributed by atoms with van der Waals surface area (Å²) in [7, 11) is 0. The monoisotopic (exact) mass is 342 g/mol. The number of piperidine rings is 1. The lowest BCUT2D eigenvalue weighted by Gasteiger charge is -2.23. The predicted octanol–water partition coefficient (Wildman–Crippen LogP) is -0.0735. The Morgan fingerprint density at radius 3 is 2.56 bits per heavy atom. The van der Waals surface area contributed by atoms with Gasteiger partial charge in [0.05, 0.1) is 6.54 Å². The van der Waals surface area contributed by atoms with Gasteiger partial charge in [0.2, 0.25) is 5.91 Å². The Morgan fingerprint density at radius 1 is 1.12 bits per heavy atom. The topological polar surface area (TPSA) is 85.1 Å². The molecule has 7 heteroatoms. The highest BCUT2D eigenvalue weighted by Gasteiger charge is 2.17. The molecule has 0 atom stereocenters. The molecule has 1 fully saturated rings. The van der Waals surface area contributed by atoms with Gasteiger partial charge in [0.15, 0.2) is 0 Å². The van der Waals surface area contributed by atoms with E-state index in [1.165, 1.54) is 16.8 Å². The van der Waals surface area contributed by atoms with E-state index in [0.29, 0.717) is 6.54 Å².